The molecule has 2 N–H and O–H groups in total. The van der Waals surface area contributed by atoms with Gasteiger partial charge in [-0.1, -0.05) is 0 Å². The SMILES string of the molecule is CN(CC/C(=C\C(=O)O)C(=O)O)S(C)(=O)=O. The number of rotatable bonds is 6. The standard InChI is InChI=1S/C8H13NO6S/c1-9(16(2,14)15)4-3-6(8(12)13)5-7(10)11/h5H,3-4H2,1-2H3,(H,10,11)(H,12,13)/b6-5+. The monoisotopic (exact) mass is 251 g/mol. The molecule has 0 aromatic carbocycles. The Hall–Kier alpha value is -1.41. The molecule has 0 bridgehead atoms. The maximum absolute atomic E-state index is 11.0. The first-order chi connectivity index (χ1) is 7.14. The number of carboxylic acids is 2. The van der Waals surface area contributed by atoms with Gasteiger partial charge in [-0.15, -0.1) is 0 Å². The van der Waals surface area contributed by atoms with Gasteiger partial charge >= 0.3 is 11.9 Å². The number of carbonyl (C=O) groups is 2. The van der Waals surface area contributed by atoms with E-state index in [-0.39, 0.29) is 18.5 Å². The first kappa shape index (κ1) is 14.6. The van der Waals surface area contributed by atoms with Gasteiger partial charge in [0, 0.05) is 25.2 Å². The zero-order chi connectivity index (χ0) is 12.9. The highest BCUT2D eigenvalue weighted by atomic mass is 32.2. The summed E-state index contributed by atoms with van der Waals surface area (Å²) in [7, 11) is -2.10. The van der Waals surface area contributed by atoms with Gasteiger partial charge in [0.1, 0.15) is 0 Å². The van der Waals surface area contributed by atoms with E-state index in [2.05, 4.69) is 0 Å². The van der Waals surface area contributed by atoms with Gasteiger partial charge in [0.2, 0.25) is 10.0 Å². The van der Waals surface area contributed by atoms with Gasteiger partial charge in [0.25, 0.3) is 0 Å². The van der Waals surface area contributed by atoms with Crippen LogP contribution in [0.15, 0.2) is 11.6 Å². The maximum atomic E-state index is 11.0. The molecule has 0 atom stereocenters. The lowest BCUT2D eigenvalue weighted by Gasteiger charge is -2.13. The van der Waals surface area contributed by atoms with Gasteiger partial charge in [-0.05, 0) is 6.42 Å². The van der Waals surface area contributed by atoms with E-state index in [1.54, 1.807) is 0 Å². The van der Waals surface area contributed by atoms with E-state index in [9.17, 15) is 18.0 Å². The van der Waals surface area contributed by atoms with Crippen molar-refractivity contribution >= 4 is 22.0 Å². The number of aliphatic carboxylic acids is 2. The molecule has 0 saturated heterocycles. The summed E-state index contributed by atoms with van der Waals surface area (Å²) >= 11 is 0. The number of hydrogen-bond acceptors (Lipinski definition) is 4. The Labute approximate surface area is 93.0 Å². The molecule has 0 unspecified atom stereocenters. The summed E-state index contributed by atoms with van der Waals surface area (Å²) in [5, 5.41) is 17.0. The van der Waals surface area contributed by atoms with Gasteiger partial charge in [0.15, 0.2) is 0 Å². The third-order valence-corrected chi connectivity index (χ3v) is 3.15. The zero-order valence-electron chi connectivity index (χ0n) is 8.87. The third kappa shape index (κ3) is 5.47. The average Bonchev–Trinajstić information content (AvgIpc) is 2.08. The molecule has 0 saturated carbocycles. The quantitative estimate of drug-likeness (QED) is 0.607. The van der Waals surface area contributed by atoms with Crippen LogP contribution in [-0.4, -0.2) is 54.7 Å². The molecule has 0 aromatic heterocycles. The lowest BCUT2D eigenvalue weighted by atomic mass is 10.2. The molecule has 0 amide bonds. The van der Waals surface area contributed by atoms with E-state index in [1.165, 1.54) is 7.05 Å². The summed E-state index contributed by atoms with van der Waals surface area (Å²) < 4.78 is 22.9. The number of hydrogen-bond donors (Lipinski definition) is 2. The van der Waals surface area contributed by atoms with E-state index in [4.69, 9.17) is 10.2 Å². The Morgan fingerprint density at radius 2 is 1.81 bits per heavy atom. The van der Waals surface area contributed by atoms with Crippen molar-refractivity contribution in [2.75, 3.05) is 19.8 Å². The van der Waals surface area contributed by atoms with Crippen molar-refractivity contribution in [3.05, 3.63) is 11.6 Å². The Morgan fingerprint density at radius 3 is 2.12 bits per heavy atom. The first-order valence-corrected chi connectivity index (χ1v) is 6.07. The van der Waals surface area contributed by atoms with Crippen LogP contribution in [0.4, 0.5) is 0 Å². The summed E-state index contributed by atoms with van der Waals surface area (Å²) in [6.45, 7) is -0.0791. The summed E-state index contributed by atoms with van der Waals surface area (Å²) in [4.78, 5) is 20.9. The van der Waals surface area contributed by atoms with Crippen LogP contribution in [0, 0.1) is 0 Å². The van der Waals surface area contributed by atoms with Crippen LogP contribution in [-0.2, 0) is 19.6 Å². The highest BCUT2D eigenvalue weighted by molar-refractivity contribution is 7.88. The van der Waals surface area contributed by atoms with Crippen LogP contribution < -0.4 is 0 Å². The minimum atomic E-state index is -3.39. The van der Waals surface area contributed by atoms with Crippen LogP contribution in [0.3, 0.4) is 0 Å². The van der Waals surface area contributed by atoms with E-state index in [0.717, 1.165) is 10.6 Å². The van der Waals surface area contributed by atoms with Crippen molar-refractivity contribution in [3.8, 4) is 0 Å². The fourth-order valence-electron chi connectivity index (χ4n) is 0.834. The fraction of sp³-hybridized carbons (Fsp3) is 0.500. The Kier molecular flexibility index (Phi) is 5.12. The predicted molar refractivity (Wildman–Crippen MR) is 55.4 cm³/mol. The van der Waals surface area contributed by atoms with Crippen LogP contribution in [0.5, 0.6) is 0 Å². The number of nitrogens with zero attached hydrogens (tertiary/aromatic N) is 1. The highest BCUT2D eigenvalue weighted by Crippen LogP contribution is 2.05. The zero-order valence-corrected chi connectivity index (χ0v) is 9.69. The molecule has 0 aliphatic carbocycles. The van der Waals surface area contributed by atoms with Crippen molar-refractivity contribution in [2.24, 2.45) is 0 Å². The Morgan fingerprint density at radius 1 is 1.31 bits per heavy atom. The highest BCUT2D eigenvalue weighted by Gasteiger charge is 2.15. The van der Waals surface area contributed by atoms with Crippen LogP contribution in [0.25, 0.3) is 0 Å². The van der Waals surface area contributed by atoms with Crippen LogP contribution >= 0.6 is 0 Å². The second-order valence-electron chi connectivity index (χ2n) is 3.15. The molecule has 8 heteroatoms. The third-order valence-electron chi connectivity index (χ3n) is 1.83. The van der Waals surface area contributed by atoms with Crippen molar-refractivity contribution < 1.29 is 28.2 Å². The summed E-state index contributed by atoms with van der Waals surface area (Å²) in [5.41, 5.74) is -0.344. The van der Waals surface area contributed by atoms with E-state index < -0.39 is 22.0 Å². The minimum absolute atomic E-state index is 0.0791. The lowest BCUT2D eigenvalue weighted by Crippen LogP contribution is -2.27. The summed E-state index contributed by atoms with van der Waals surface area (Å²) in [5.74, 6) is -2.75. The fourth-order valence-corrected chi connectivity index (χ4v) is 1.26. The Balaban J connectivity index is 4.59. The average molecular weight is 251 g/mol. The van der Waals surface area contributed by atoms with Gasteiger partial charge < -0.3 is 10.2 Å². The maximum Gasteiger partial charge on any atom is 0.331 e. The van der Waals surface area contributed by atoms with Crippen molar-refractivity contribution in [1.29, 1.82) is 0 Å². The molecule has 0 fully saturated rings. The Bertz CT molecular complexity index is 410. The van der Waals surface area contributed by atoms with E-state index in [1.807, 2.05) is 0 Å². The molecule has 0 radical (unpaired) electrons. The summed E-state index contributed by atoms with van der Waals surface area (Å²) in [6, 6.07) is 0. The second kappa shape index (κ2) is 5.61. The smallest absolute Gasteiger partial charge is 0.331 e. The molecular weight excluding hydrogens is 238 g/mol. The van der Waals surface area contributed by atoms with Gasteiger partial charge in [0.05, 0.1) is 6.26 Å². The molecule has 92 valence electrons. The minimum Gasteiger partial charge on any atom is -0.478 e. The van der Waals surface area contributed by atoms with Crippen LogP contribution in [0.1, 0.15) is 6.42 Å². The lowest BCUT2D eigenvalue weighted by molar-refractivity contribution is -0.135. The molecule has 7 nitrogen and oxygen atoms in total. The predicted octanol–water partition coefficient (Wildman–Crippen LogP) is -0.636. The molecule has 0 aliphatic heterocycles. The normalized spacial score (nSPS) is 12.8. The molecular formula is C8H13NO6S. The molecule has 0 heterocycles. The molecule has 0 spiro atoms. The van der Waals surface area contributed by atoms with E-state index in [0.29, 0.717) is 6.08 Å². The summed E-state index contributed by atoms with van der Waals surface area (Å²) in [6.07, 6.45) is 1.37. The van der Waals surface area contributed by atoms with Gasteiger partial charge in [-0.25, -0.2) is 22.3 Å². The molecule has 0 rings (SSSR count). The van der Waals surface area contributed by atoms with Crippen molar-refractivity contribution in [1.82, 2.24) is 4.31 Å². The largest absolute Gasteiger partial charge is 0.478 e. The van der Waals surface area contributed by atoms with Gasteiger partial charge in [-0.3, -0.25) is 0 Å². The number of carboxylic acid groups (broad SMARTS) is 2. The molecule has 0 aromatic rings. The number of sulfonamides is 1. The topological polar surface area (TPSA) is 112 Å². The molecule has 0 aliphatic rings. The first-order valence-electron chi connectivity index (χ1n) is 4.22. The van der Waals surface area contributed by atoms with E-state index >= 15 is 0 Å². The van der Waals surface area contributed by atoms with Gasteiger partial charge in [-0.2, -0.15) is 0 Å². The molecule has 16 heavy (non-hydrogen) atoms. The second-order valence-corrected chi connectivity index (χ2v) is 5.24. The van der Waals surface area contributed by atoms with Crippen molar-refractivity contribution in [3.63, 3.8) is 0 Å². The van der Waals surface area contributed by atoms with Crippen molar-refractivity contribution in [2.45, 2.75) is 6.42 Å². The van der Waals surface area contributed by atoms with Crippen LogP contribution in [0.2, 0.25) is 0 Å².